The third kappa shape index (κ3) is 10.7. The first-order chi connectivity index (χ1) is 12.5. The highest BCUT2D eigenvalue weighted by molar-refractivity contribution is 5.90. The molecule has 0 bridgehead atoms. The predicted octanol–water partition coefficient (Wildman–Crippen LogP) is 3.21. The second kappa shape index (κ2) is 12.3. The molecule has 0 radical (unpaired) electrons. The topological polar surface area (TPSA) is 101 Å². The zero-order chi connectivity index (χ0) is 21.1. The van der Waals surface area contributed by atoms with Crippen LogP contribution in [0, 0.1) is 5.92 Å². The van der Waals surface area contributed by atoms with Gasteiger partial charge in [-0.2, -0.15) is 0 Å². The number of hydrogen-bond acceptors (Lipinski definition) is 7. The molecule has 0 unspecified atom stereocenters. The summed E-state index contributed by atoms with van der Waals surface area (Å²) in [6.07, 6.45) is 3.22. The highest BCUT2D eigenvalue weighted by Gasteiger charge is 2.23. The Bertz CT molecular complexity index is 437. The van der Waals surface area contributed by atoms with Crippen LogP contribution in [0.1, 0.15) is 74.7 Å². The molecule has 0 fully saturated rings. The molecule has 160 valence electrons. The summed E-state index contributed by atoms with van der Waals surface area (Å²) < 4.78 is 0. The van der Waals surface area contributed by atoms with Crippen molar-refractivity contribution >= 4 is 11.4 Å². The van der Waals surface area contributed by atoms with Crippen molar-refractivity contribution in [1.82, 2.24) is 16.0 Å². The molecule has 0 aliphatic rings. The molecule has 5 N–H and O–H groups in total. The van der Waals surface area contributed by atoms with E-state index in [0.29, 0.717) is 23.4 Å². The second-order valence-corrected chi connectivity index (χ2v) is 8.82. The first kappa shape index (κ1) is 25.8. The smallest absolute Gasteiger partial charge is 0.0734 e. The average molecular weight is 386 g/mol. The minimum absolute atomic E-state index is 0.315. The Morgan fingerprint density at radius 3 is 1.48 bits per heavy atom. The van der Waals surface area contributed by atoms with E-state index < -0.39 is 0 Å². The summed E-state index contributed by atoms with van der Waals surface area (Å²) >= 11 is 0. The highest BCUT2D eigenvalue weighted by atomic mass is 16.4. The van der Waals surface area contributed by atoms with Gasteiger partial charge < -0.3 is 26.4 Å². The average Bonchev–Trinajstić information content (AvgIpc) is 2.59. The Balaban J connectivity index is 4.60. The van der Waals surface area contributed by atoms with E-state index in [9.17, 15) is 0 Å². The van der Waals surface area contributed by atoms with Crippen molar-refractivity contribution in [3.63, 3.8) is 0 Å². The molecule has 0 saturated carbocycles. The molecule has 0 aliphatic heterocycles. The first-order valence-electron chi connectivity index (χ1n) is 10.1. The van der Waals surface area contributed by atoms with Gasteiger partial charge in [-0.3, -0.25) is 0 Å². The van der Waals surface area contributed by atoms with Crippen molar-refractivity contribution in [1.29, 1.82) is 0 Å². The Morgan fingerprint density at radius 1 is 0.778 bits per heavy atom. The SMILES string of the molecule is C/C(=N\O)C(C)(C)NCCC(CCNC(C)C)CCNC(C)(C)/C(C)=N/O. The Kier molecular flexibility index (Phi) is 11.8. The molecule has 0 saturated heterocycles. The van der Waals surface area contributed by atoms with Gasteiger partial charge in [-0.25, -0.2) is 0 Å². The largest absolute Gasteiger partial charge is 0.411 e. The van der Waals surface area contributed by atoms with Crippen LogP contribution in [0.4, 0.5) is 0 Å². The molecular formula is C20H43N5O2. The molecular weight excluding hydrogens is 342 g/mol. The molecule has 27 heavy (non-hydrogen) atoms. The van der Waals surface area contributed by atoms with Gasteiger partial charge in [0.1, 0.15) is 0 Å². The van der Waals surface area contributed by atoms with Crippen molar-refractivity contribution in [2.75, 3.05) is 19.6 Å². The van der Waals surface area contributed by atoms with Crippen molar-refractivity contribution in [3.05, 3.63) is 0 Å². The standard InChI is InChI=1S/C20H43N5O2/c1-15(2)21-12-9-18(10-13-22-19(5,6)16(3)24-26)11-14-23-20(7,8)17(4)25-27/h15,18,21-23,26-27H,9-14H2,1-8H3/b24-16+,25-17+. The lowest BCUT2D eigenvalue weighted by Gasteiger charge is -2.28. The third-order valence-electron chi connectivity index (χ3n) is 5.45. The van der Waals surface area contributed by atoms with Crippen LogP contribution in [0.25, 0.3) is 0 Å². The summed E-state index contributed by atoms with van der Waals surface area (Å²) in [6, 6.07) is 0.492. The van der Waals surface area contributed by atoms with E-state index in [-0.39, 0.29) is 11.1 Å². The molecule has 0 spiro atoms. The van der Waals surface area contributed by atoms with Crippen LogP contribution < -0.4 is 16.0 Å². The lowest BCUT2D eigenvalue weighted by Crippen LogP contribution is -2.47. The van der Waals surface area contributed by atoms with E-state index in [2.05, 4.69) is 40.1 Å². The highest BCUT2D eigenvalue weighted by Crippen LogP contribution is 2.15. The predicted molar refractivity (Wildman–Crippen MR) is 114 cm³/mol. The molecule has 0 aliphatic carbocycles. The van der Waals surface area contributed by atoms with Gasteiger partial charge in [-0.15, -0.1) is 0 Å². The maximum atomic E-state index is 9.01. The molecule has 0 aromatic carbocycles. The first-order valence-corrected chi connectivity index (χ1v) is 10.1. The second-order valence-electron chi connectivity index (χ2n) is 8.82. The van der Waals surface area contributed by atoms with Gasteiger partial charge in [0.25, 0.3) is 0 Å². The summed E-state index contributed by atoms with van der Waals surface area (Å²) in [5, 5.41) is 35.2. The van der Waals surface area contributed by atoms with Crippen molar-refractivity contribution in [2.45, 2.75) is 91.8 Å². The van der Waals surface area contributed by atoms with Crippen LogP contribution in [0.2, 0.25) is 0 Å². The van der Waals surface area contributed by atoms with Gasteiger partial charge in [-0.1, -0.05) is 24.2 Å². The number of rotatable bonds is 14. The molecule has 0 heterocycles. The van der Waals surface area contributed by atoms with E-state index >= 15 is 0 Å². The van der Waals surface area contributed by atoms with Crippen LogP contribution in [-0.4, -0.2) is 58.6 Å². The monoisotopic (exact) mass is 385 g/mol. The zero-order valence-corrected chi connectivity index (χ0v) is 18.7. The fourth-order valence-electron chi connectivity index (χ4n) is 2.69. The van der Waals surface area contributed by atoms with Gasteiger partial charge in [0.15, 0.2) is 0 Å². The van der Waals surface area contributed by atoms with Gasteiger partial charge in [0, 0.05) is 6.04 Å². The number of nitrogens with one attached hydrogen (secondary N) is 3. The van der Waals surface area contributed by atoms with E-state index in [1.807, 2.05) is 41.5 Å². The summed E-state index contributed by atoms with van der Waals surface area (Å²) in [4.78, 5) is 0. The summed E-state index contributed by atoms with van der Waals surface area (Å²) in [7, 11) is 0. The quantitative estimate of drug-likeness (QED) is 0.180. The fraction of sp³-hybridized carbons (Fsp3) is 0.900. The minimum Gasteiger partial charge on any atom is -0.411 e. The number of oxime groups is 2. The summed E-state index contributed by atoms with van der Waals surface area (Å²) in [5.41, 5.74) is 0.736. The van der Waals surface area contributed by atoms with E-state index in [4.69, 9.17) is 10.4 Å². The Morgan fingerprint density at radius 2 is 1.15 bits per heavy atom. The normalized spacial score (nSPS) is 15.4. The van der Waals surface area contributed by atoms with E-state index in [1.54, 1.807) is 0 Å². The van der Waals surface area contributed by atoms with Crippen molar-refractivity contribution in [3.8, 4) is 0 Å². The lowest BCUT2D eigenvalue weighted by molar-refractivity contribution is 0.306. The number of nitrogens with zero attached hydrogens (tertiary/aromatic N) is 2. The van der Waals surface area contributed by atoms with E-state index in [1.165, 1.54) is 0 Å². The molecule has 7 heteroatoms. The van der Waals surface area contributed by atoms with Crippen LogP contribution in [0.15, 0.2) is 10.3 Å². The van der Waals surface area contributed by atoms with E-state index in [0.717, 1.165) is 38.9 Å². The van der Waals surface area contributed by atoms with Crippen molar-refractivity contribution < 1.29 is 10.4 Å². The summed E-state index contributed by atoms with van der Waals surface area (Å²) in [5.74, 6) is 0.570. The fourth-order valence-corrected chi connectivity index (χ4v) is 2.69. The molecule has 0 atom stereocenters. The van der Waals surface area contributed by atoms with Crippen molar-refractivity contribution in [2.24, 2.45) is 16.2 Å². The lowest BCUT2D eigenvalue weighted by atomic mass is 9.94. The molecule has 0 rings (SSSR count). The van der Waals surface area contributed by atoms with Gasteiger partial charge in [0.05, 0.1) is 22.5 Å². The maximum Gasteiger partial charge on any atom is 0.0734 e. The van der Waals surface area contributed by atoms with Gasteiger partial charge in [-0.05, 0) is 86.4 Å². The maximum absolute atomic E-state index is 9.01. The molecule has 0 aromatic rings. The van der Waals surface area contributed by atoms with Crippen LogP contribution in [0.3, 0.4) is 0 Å². The van der Waals surface area contributed by atoms with Crippen LogP contribution in [0.5, 0.6) is 0 Å². The van der Waals surface area contributed by atoms with Crippen LogP contribution in [-0.2, 0) is 0 Å². The Hall–Kier alpha value is -1.18. The third-order valence-corrected chi connectivity index (χ3v) is 5.45. The Labute approximate surface area is 166 Å². The molecule has 0 amide bonds. The minimum atomic E-state index is -0.315. The van der Waals surface area contributed by atoms with Gasteiger partial charge in [0.2, 0.25) is 0 Å². The van der Waals surface area contributed by atoms with Gasteiger partial charge >= 0.3 is 0 Å². The van der Waals surface area contributed by atoms with Crippen LogP contribution >= 0.6 is 0 Å². The molecule has 7 nitrogen and oxygen atoms in total. The zero-order valence-electron chi connectivity index (χ0n) is 18.7. The molecule has 0 aromatic heterocycles. The number of hydrogen-bond donors (Lipinski definition) is 5. The summed E-state index contributed by atoms with van der Waals surface area (Å²) in [6.45, 7) is 18.8.